The lowest BCUT2D eigenvalue weighted by Crippen LogP contribution is -2.43. The van der Waals surface area contributed by atoms with Crippen molar-refractivity contribution in [1.82, 2.24) is 9.80 Å². The average molecular weight is 350 g/mol. The molecule has 2 aliphatic heterocycles. The molecular formula is C19H27FN2O3. The van der Waals surface area contributed by atoms with E-state index >= 15 is 0 Å². The van der Waals surface area contributed by atoms with E-state index in [9.17, 15) is 9.18 Å². The fourth-order valence-electron chi connectivity index (χ4n) is 3.50. The Morgan fingerprint density at radius 2 is 2.20 bits per heavy atom. The van der Waals surface area contributed by atoms with Crippen LogP contribution in [0.3, 0.4) is 0 Å². The molecule has 3 rings (SSSR count). The Hall–Kier alpha value is -1.66. The maximum absolute atomic E-state index is 13.2. The molecule has 2 fully saturated rings. The molecule has 138 valence electrons. The molecule has 5 nitrogen and oxygen atoms in total. The van der Waals surface area contributed by atoms with Gasteiger partial charge in [0.15, 0.2) is 6.10 Å². The minimum absolute atomic E-state index is 0.0387. The number of benzene rings is 1. The van der Waals surface area contributed by atoms with Crippen molar-refractivity contribution >= 4 is 5.91 Å². The highest BCUT2D eigenvalue weighted by atomic mass is 19.1. The monoisotopic (exact) mass is 350 g/mol. The Bertz CT molecular complexity index is 578. The van der Waals surface area contributed by atoms with Crippen LogP contribution in [0.5, 0.6) is 5.75 Å². The first kappa shape index (κ1) is 18.1. The van der Waals surface area contributed by atoms with Crippen molar-refractivity contribution in [3.05, 3.63) is 30.1 Å². The Balaban J connectivity index is 1.49. The summed E-state index contributed by atoms with van der Waals surface area (Å²) in [4.78, 5) is 16.9. The van der Waals surface area contributed by atoms with Crippen LogP contribution >= 0.6 is 0 Å². The maximum Gasteiger partial charge on any atom is 0.263 e. The van der Waals surface area contributed by atoms with Crippen LogP contribution < -0.4 is 4.74 Å². The zero-order valence-electron chi connectivity index (χ0n) is 14.8. The topological polar surface area (TPSA) is 42.0 Å². The van der Waals surface area contributed by atoms with Crippen LogP contribution in [0.2, 0.25) is 0 Å². The predicted octanol–water partition coefficient (Wildman–Crippen LogP) is 2.31. The third-order valence-electron chi connectivity index (χ3n) is 4.84. The van der Waals surface area contributed by atoms with E-state index in [0.29, 0.717) is 18.4 Å². The summed E-state index contributed by atoms with van der Waals surface area (Å²) in [5.41, 5.74) is 0. The second-order valence-electron chi connectivity index (χ2n) is 6.83. The van der Waals surface area contributed by atoms with E-state index in [1.54, 1.807) is 19.1 Å². The summed E-state index contributed by atoms with van der Waals surface area (Å²) in [6.45, 7) is 6.83. The van der Waals surface area contributed by atoms with Gasteiger partial charge in [0.2, 0.25) is 0 Å². The molecule has 0 aromatic heterocycles. The van der Waals surface area contributed by atoms with Crippen LogP contribution in [0, 0.1) is 5.82 Å². The zero-order chi connectivity index (χ0) is 17.6. The van der Waals surface area contributed by atoms with Gasteiger partial charge in [-0.2, -0.15) is 0 Å². The van der Waals surface area contributed by atoms with Gasteiger partial charge in [-0.05, 0) is 44.9 Å². The summed E-state index contributed by atoms with van der Waals surface area (Å²) in [6, 6.07) is 5.90. The number of ether oxygens (including phenoxy) is 2. The molecule has 0 aliphatic carbocycles. The molecule has 6 heteroatoms. The van der Waals surface area contributed by atoms with Gasteiger partial charge in [0.05, 0.1) is 6.10 Å². The number of hydrogen-bond donors (Lipinski definition) is 0. The number of nitrogens with zero attached hydrogens (tertiary/aromatic N) is 2. The number of amides is 1. The fourth-order valence-corrected chi connectivity index (χ4v) is 3.50. The van der Waals surface area contributed by atoms with Crippen molar-refractivity contribution in [3.63, 3.8) is 0 Å². The van der Waals surface area contributed by atoms with Crippen molar-refractivity contribution in [2.45, 2.75) is 38.4 Å². The number of hydrogen-bond acceptors (Lipinski definition) is 4. The zero-order valence-corrected chi connectivity index (χ0v) is 14.8. The Labute approximate surface area is 148 Å². The van der Waals surface area contributed by atoms with Crippen LogP contribution in [0.15, 0.2) is 24.3 Å². The summed E-state index contributed by atoms with van der Waals surface area (Å²) < 4.78 is 24.6. The van der Waals surface area contributed by atoms with Gasteiger partial charge in [0.1, 0.15) is 11.6 Å². The van der Waals surface area contributed by atoms with Gasteiger partial charge < -0.3 is 14.4 Å². The van der Waals surface area contributed by atoms with E-state index in [4.69, 9.17) is 9.47 Å². The third kappa shape index (κ3) is 5.16. The van der Waals surface area contributed by atoms with Crippen molar-refractivity contribution in [2.24, 2.45) is 0 Å². The maximum atomic E-state index is 13.2. The minimum Gasteiger partial charge on any atom is -0.481 e. The lowest BCUT2D eigenvalue weighted by molar-refractivity contribution is -0.137. The molecule has 1 amide bonds. The van der Waals surface area contributed by atoms with Crippen LogP contribution in [0.1, 0.15) is 26.2 Å². The van der Waals surface area contributed by atoms with Gasteiger partial charge in [-0.25, -0.2) is 4.39 Å². The van der Waals surface area contributed by atoms with Crippen LogP contribution in [0.25, 0.3) is 0 Å². The van der Waals surface area contributed by atoms with Crippen molar-refractivity contribution < 1.29 is 18.7 Å². The SMILES string of the molecule is C[C@@H](Oc1cccc(F)c1)C(=O)N1CCCN(C[C@@H]2CCCO2)CC1. The molecule has 0 spiro atoms. The normalized spacial score (nSPS) is 23.3. The smallest absolute Gasteiger partial charge is 0.263 e. The largest absolute Gasteiger partial charge is 0.481 e. The van der Waals surface area contributed by atoms with Crippen LogP contribution in [-0.2, 0) is 9.53 Å². The number of rotatable bonds is 5. The summed E-state index contributed by atoms with van der Waals surface area (Å²) in [7, 11) is 0. The minimum atomic E-state index is -0.619. The lowest BCUT2D eigenvalue weighted by atomic mass is 10.2. The van der Waals surface area contributed by atoms with Crippen molar-refractivity contribution in [3.8, 4) is 5.75 Å². The molecule has 2 atom stereocenters. The van der Waals surface area contributed by atoms with Gasteiger partial charge in [-0.3, -0.25) is 9.69 Å². The first-order valence-electron chi connectivity index (χ1n) is 9.17. The molecule has 0 unspecified atom stereocenters. The Kier molecular flexibility index (Phi) is 6.26. The van der Waals surface area contributed by atoms with Crippen molar-refractivity contribution in [2.75, 3.05) is 39.3 Å². The Morgan fingerprint density at radius 3 is 2.96 bits per heavy atom. The summed E-state index contributed by atoms with van der Waals surface area (Å²) >= 11 is 0. The van der Waals surface area contributed by atoms with Gasteiger partial charge in [0, 0.05) is 38.9 Å². The molecular weight excluding hydrogens is 323 g/mol. The van der Waals surface area contributed by atoms with Crippen LogP contribution in [0.4, 0.5) is 4.39 Å². The molecule has 0 bridgehead atoms. The molecule has 0 saturated carbocycles. The number of carbonyl (C=O) groups is 1. The van der Waals surface area contributed by atoms with E-state index < -0.39 is 6.10 Å². The lowest BCUT2D eigenvalue weighted by Gasteiger charge is -2.26. The number of halogens is 1. The fraction of sp³-hybridized carbons (Fsp3) is 0.632. The second-order valence-corrected chi connectivity index (χ2v) is 6.83. The highest BCUT2D eigenvalue weighted by molar-refractivity contribution is 5.81. The molecule has 2 aliphatic rings. The average Bonchev–Trinajstić information content (AvgIpc) is 2.99. The molecule has 2 saturated heterocycles. The first-order valence-corrected chi connectivity index (χ1v) is 9.17. The molecule has 25 heavy (non-hydrogen) atoms. The van der Waals surface area contributed by atoms with Crippen molar-refractivity contribution in [1.29, 1.82) is 0 Å². The number of carbonyl (C=O) groups excluding carboxylic acids is 1. The van der Waals surface area contributed by atoms with E-state index in [2.05, 4.69) is 4.90 Å². The van der Waals surface area contributed by atoms with Gasteiger partial charge >= 0.3 is 0 Å². The summed E-state index contributed by atoms with van der Waals surface area (Å²) in [6.07, 6.45) is 2.96. The van der Waals surface area contributed by atoms with E-state index in [-0.39, 0.29) is 11.7 Å². The summed E-state index contributed by atoms with van der Waals surface area (Å²) in [5.74, 6) is -0.0180. The van der Waals surface area contributed by atoms with Gasteiger partial charge in [-0.1, -0.05) is 6.07 Å². The molecule has 2 heterocycles. The van der Waals surface area contributed by atoms with Crippen LogP contribution in [-0.4, -0.2) is 67.2 Å². The molecule has 1 aromatic carbocycles. The summed E-state index contributed by atoms with van der Waals surface area (Å²) in [5, 5.41) is 0. The second kappa shape index (κ2) is 8.63. The first-order chi connectivity index (χ1) is 12.1. The van der Waals surface area contributed by atoms with E-state index in [0.717, 1.165) is 52.0 Å². The predicted molar refractivity (Wildman–Crippen MR) is 93.1 cm³/mol. The van der Waals surface area contributed by atoms with E-state index in [1.807, 2.05) is 4.90 Å². The molecule has 0 N–H and O–H groups in total. The molecule has 1 aromatic rings. The standard InChI is InChI=1S/C19H27FN2O3/c1-15(25-17-6-2-5-16(20)13-17)19(23)22-9-4-8-21(10-11-22)14-18-7-3-12-24-18/h2,5-6,13,15,18H,3-4,7-12,14H2,1H3/t15-,18+/m1/s1. The Morgan fingerprint density at radius 1 is 1.32 bits per heavy atom. The third-order valence-corrected chi connectivity index (χ3v) is 4.84. The highest BCUT2D eigenvalue weighted by Gasteiger charge is 2.26. The van der Waals surface area contributed by atoms with Gasteiger partial charge in [-0.15, -0.1) is 0 Å². The quantitative estimate of drug-likeness (QED) is 0.817. The van der Waals surface area contributed by atoms with E-state index in [1.165, 1.54) is 12.1 Å². The van der Waals surface area contributed by atoms with Gasteiger partial charge in [0.25, 0.3) is 5.91 Å². The highest BCUT2D eigenvalue weighted by Crippen LogP contribution is 2.17. The molecule has 0 radical (unpaired) electrons.